The summed E-state index contributed by atoms with van der Waals surface area (Å²) in [4.78, 5) is 0. The Morgan fingerprint density at radius 1 is 0.789 bits per heavy atom. The molecule has 4 heteroatoms. The highest BCUT2D eigenvalue weighted by Crippen LogP contribution is 2.68. The molecule has 0 radical (unpaired) electrons. The number of aliphatic hydroxyl groups excluding tert-OH is 1. The molecule has 0 amide bonds. The first-order chi connectivity index (χ1) is 18.2. The zero-order valence-electron chi connectivity index (χ0n) is 25.9. The second kappa shape index (κ2) is 13.7. The SMILES string of the molecule is CC(C)CCC[C@@H](C)[C@H]1CCC2C3CC(O)[C@H]4C[C@H](NCCCNCCCCN)CCC4(C)C3CCC21C. The summed E-state index contributed by atoms with van der Waals surface area (Å²) in [6, 6.07) is 0.591. The smallest absolute Gasteiger partial charge is 0.0577 e. The number of rotatable bonds is 14. The Hall–Kier alpha value is -0.160. The minimum absolute atomic E-state index is 0.0973. The van der Waals surface area contributed by atoms with Gasteiger partial charge in [0.05, 0.1) is 6.10 Å². The van der Waals surface area contributed by atoms with Gasteiger partial charge in [0.15, 0.2) is 0 Å². The zero-order chi connectivity index (χ0) is 27.3. The van der Waals surface area contributed by atoms with E-state index >= 15 is 0 Å². The molecule has 0 saturated heterocycles. The van der Waals surface area contributed by atoms with Crippen molar-refractivity contribution in [2.45, 2.75) is 137 Å². The summed E-state index contributed by atoms with van der Waals surface area (Å²) in [6.07, 6.45) is 18.2. The van der Waals surface area contributed by atoms with Crippen molar-refractivity contribution < 1.29 is 5.11 Å². The number of hydrogen-bond donors (Lipinski definition) is 4. The lowest BCUT2D eigenvalue weighted by atomic mass is 9.43. The van der Waals surface area contributed by atoms with E-state index in [0.717, 1.165) is 74.5 Å². The average molecular weight is 532 g/mol. The van der Waals surface area contributed by atoms with Gasteiger partial charge in [0.2, 0.25) is 0 Å². The first-order valence-corrected chi connectivity index (χ1v) is 17.0. The highest BCUT2D eigenvalue weighted by Gasteiger charge is 2.62. The molecule has 0 aromatic heterocycles. The van der Waals surface area contributed by atoms with Crippen LogP contribution < -0.4 is 16.4 Å². The summed E-state index contributed by atoms with van der Waals surface area (Å²) in [7, 11) is 0. The Morgan fingerprint density at radius 2 is 1.53 bits per heavy atom. The first-order valence-electron chi connectivity index (χ1n) is 17.0. The normalized spacial score (nSPS) is 41.5. The van der Waals surface area contributed by atoms with Crippen molar-refractivity contribution in [1.82, 2.24) is 10.6 Å². The molecule has 0 aromatic rings. The third kappa shape index (κ3) is 6.66. The number of nitrogens with two attached hydrogens (primary N) is 1. The predicted molar refractivity (Wildman–Crippen MR) is 162 cm³/mol. The molecular weight excluding hydrogens is 466 g/mol. The van der Waals surface area contributed by atoms with Gasteiger partial charge in [-0.25, -0.2) is 0 Å². The fourth-order valence-electron chi connectivity index (χ4n) is 10.5. The van der Waals surface area contributed by atoms with Gasteiger partial charge in [-0.15, -0.1) is 0 Å². The Labute approximate surface area is 236 Å². The van der Waals surface area contributed by atoms with Crippen LogP contribution in [0.25, 0.3) is 0 Å². The van der Waals surface area contributed by atoms with Crippen LogP contribution in [-0.4, -0.2) is 43.4 Å². The third-order valence-corrected chi connectivity index (χ3v) is 12.7. The molecule has 4 aliphatic carbocycles. The standard InChI is InChI=1S/C34H65N3O/c1-24(2)10-8-11-25(3)28-12-13-29-27-23-32(38)31-22-26(37-21-9-20-36-19-7-6-18-35)14-16-34(31,5)30(27)15-17-33(28,29)4/h24-32,36-38H,6-23,35H2,1-5H3/t25-,26-,27?,28-,29?,30?,31-,32?,33?,34?/m1/s1. The van der Waals surface area contributed by atoms with Crippen LogP contribution in [0.15, 0.2) is 0 Å². The van der Waals surface area contributed by atoms with Gasteiger partial charge in [-0.1, -0.05) is 53.9 Å². The van der Waals surface area contributed by atoms with Crippen LogP contribution in [0.4, 0.5) is 0 Å². The molecule has 5 N–H and O–H groups in total. The fraction of sp³-hybridized carbons (Fsp3) is 1.00. The molecule has 4 saturated carbocycles. The lowest BCUT2D eigenvalue weighted by molar-refractivity contribution is -0.162. The fourth-order valence-corrected chi connectivity index (χ4v) is 10.5. The topological polar surface area (TPSA) is 70.3 Å². The van der Waals surface area contributed by atoms with Gasteiger partial charge >= 0.3 is 0 Å². The molecular formula is C34H65N3O. The summed E-state index contributed by atoms with van der Waals surface area (Å²) in [5.41, 5.74) is 6.44. The summed E-state index contributed by atoms with van der Waals surface area (Å²) in [5.74, 6) is 5.52. The summed E-state index contributed by atoms with van der Waals surface area (Å²) in [5, 5.41) is 19.1. The van der Waals surface area contributed by atoms with Crippen molar-refractivity contribution in [1.29, 1.82) is 0 Å². The van der Waals surface area contributed by atoms with Crippen molar-refractivity contribution in [3.05, 3.63) is 0 Å². The van der Waals surface area contributed by atoms with Crippen LogP contribution in [0.2, 0.25) is 0 Å². The maximum Gasteiger partial charge on any atom is 0.0577 e. The highest BCUT2D eigenvalue weighted by atomic mass is 16.3. The number of hydrogen-bond acceptors (Lipinski definition) is 4. The van der Waals surface area contributed by atoms with E-state index in [9.17, 15) is 5.11 Å². The molecule has 0 aromatic carbocycles. The summed E-state index contributed by atoms with van der Waals surface area (Å²) >= 11 is 0. The molecule has 0 spiro atoms. The van der Waals surface area contributed by atoms with Crippen LogP contribution in [0.5, 0.6) is 0 Å². The van der Waals surface area contributed by atoms with Crippen molar-refractivity contribution in [2.75, 3.05) is 26.2 Å². The molecule has 0 heterocycles. The quantitative estimate of drug-likeness (QED) is 0.187. The van der Waals surface area contributed by atoms with Crippen LogP contribution in [0, 0.1) is 52.3 Å². The number of nitrogens with one attached hydrogen (secondary N) is 2. The molecule has 4 rings (SSSR count). The monoisotopic (exact) mass is 532 g/mol. The highest BCUT2D eigenvalue weighted by molar-refractivity contribution is 5.11. The Bertz CT molecular complexity index is 714. The van der Waals surface area contributed by atoms with E-state index < -0.39 is 0 Å². The van der Waals surface area contributed by atoms with Gasteiger partial charge in [-0.05, 0) is 149 Å². The number of fused-ring (bicyclic) bond motifs is 5. The molecule has 4 fully saturated rings. The maximum atomic E-state index is 11.6. The first kappa shape index (κ1) is 30.8. The van der Waals surface area contributed by atoms with Gasteiger partial charge in [0, 0.05) is 6.04 Å². The van der Waals surface area contributed by atoms with Crippen LogP contribution >= 0.6 is 0 Å². The van der Waals surface area contributed by atoms with Gasteiger partial charge in [0.25, 0.3) is 0 Å². The largest absolute Gasteiger partial charge is 0.393 e. The molecule has 0 bridgehead atoms. The average Bonchev–Trinajstić information content (AvgIpc) is 3.23. The summed E-state index contributed by atoms with van der Waals surface area (Å²) < 4.78 is 0. The predicted octanol–water partition coefficient (Wildman–Crippen LogP) is 6.76. The van der Waals surface area contributed by atoms with E-state index in [4.69, 9.17) is 5.73 Å². The molecule has 4 nitrogen and oxygen atoms in total. The minimum atomic E-state index is -0.0973. The van der Waals surface area contributed by atoms with Crippen LogP contribution in [-0.2, 0) is 0 Å². The van der Waals surface area contributed by atoms with Crippen LogP contribution in [0.1, 0.15) is 125 Å². The van der Waals surface area contributed by atoms with E-state index in [1.165, 1.54) is 77.0 Å². The van der Waals surface area contributed by atoms with Gasteiger partial charge in [-0.2, -0.15) is 0 Å². The molecule has 222 valence electrons. The lowest BCUT2D eigenvalue weighted by Gasteiger charge is -2.62. The van der Waals surface area contributed by atoms with E-state index in [1.54, 1.807) is 0 Å². The Morgan fingerprint density at radius 3 is 2.29 bits per heavy atom. The minimum Gasteiger partial charge on any atom is -0.393 e. The van der Waals surface area contributed by atoms with E-state index in [0.29, 0.717) is 22.8 Å². The van der Waals surface area contributed by atoms with Gasteiger partial charge in [0.1, 0.15) is 0 Å². The molecule has 4 aliphatic rings. The maximum absolute atomic E-state index is 11.6. The molecule has 10 atom stereocenters. The Kier molecular flexibility index (Phi) is 11.1. The number of unbranched alkanes of at least 4 members (excludes halogenated alkanes) is 1. The number of aliphatic hydroxyl groups is 1. The molecule has 6 unspecified atom stereocenters. The third-order valence-electron chi connectivity index (χ3n) is 12.7. The second-order valence-corrected chi connectivity index (χ2v) is 15.3. The van der Waals surface area contributed by atoms with E-state index in [1.807, 2.05) is 0 Å². The van der Waals surface area contributed by atoms with Crippen molar-refractivity contribution in [3.63, 3.8) is 0 Å². The van der Waals surface area contributed by atoms with Gasteiger partial charge in [-0.3, -0.25) is 0 Å². The van der Waals surface area contributed by atoms with E-state index in [-0.39, 0.29) is 6.10 Å². The van der Waals surface area contributed by atoms with Gasteiger partial charge < -0.3 is 21.5 Å². The van der Waals surface area contributed by atoms with Crippen molar-refractivity contribution >= 4 is 0 Å². The van der Waals surface area contributed by atoms with E-state index in [2.05, 4.69) is 45.3 Å². The van der Waals surface area contributed by atoms with Crippen LogP contribution in [0.3, 0.4) is 0 Å². The Balaban J connectivity index is 1.30. The second-order valence-electron chi connectivity index (χ2n) is 15.3. The van der Waals surface area contributed by atoms with Crippen molar-refractivity contribution in [3.8, 4) is 0 Å². The molecule has 0 aliphatic heterocycles. The van der Waals surface area contributed by atoms with Crippen molar-refractivity contribution in [2.24, 2.45) is 58.0 Å². The zero-order valence-corrected chi connectivity index (χ0v) is 25.9. The summed E-state index contributed by atoms with van der Waals surface area (Å²) in [6.45, 7) is 16.7. The molecule has 38 heavy (non-hydrogen) atoms. The lowest BCUT2D eigenvalue weighted by Crippen LogP contribution is -2.59.